The molecule has 1 aromatic rings. The first kappa shape index (κ1) is 9.14. The van der Waals surface area contributed by atoms with Crippen molar-refractivity contribution in [2.24, 2.45) is 5.10 Å². The Balaban J connectivity index is 2.28. The van der Waals surface area contributed by atoms with Crippen LogP contribution >= 0.6 is 35.2 Å². The lowest BCUT2D eigenvalue weighted by atomic mass is 10.2. The van der Waals surface area contributed by atoms with E-state index in [-0.39, 0.29) is 3.67 Å². The summed E-state index contributed by atoms with van der Waals surface area (Å²) in [6.45, 7) is 0. The Hall–Kier alpha value is -0.430. The lowest BCUT2D eigenvalue weighted by Crippen LogP contribution is -2.41. The minimum absolute atomic E-state index is 0.351. The number of alkyl halides is 1. The summed E-state index contributed by atoms with van der Waals surface area (Å²) in [5.41, 5.74) is 4.11. The van der Waals surface area contributed by atoms with Crippen LogP contribution in [0.5, 0.6) is 0 Å². The third-order valence-corrected chi connectivity index (χ3v) is 3.12. The van der Waals surface area contributed by atoms with Crippen LogP contribution in [0.15, 0.2) is 35.4 Å². The van der Waals surface area contributed by atoms with Crippen molar-refractivity contribution in [3.8, 4) is 0 Å². The Morgan fingerprint density at radius 2 is 2.00 bits per heavy atom. The van der Waals surface area contributed by atoms with Crippen LogP contribution < -0.4 is 10.7 Å². The van der Waals surface area contributed by atoms with Crippen molar-refractivity contribution in [2.45, 2.75) is 3.67 Å². The van der Waals surface area contributed by atoms with E-state index in [1.807, 2.05) is 30.3 Å². The van der Waals surface area contributed by atoms with E-state index in [4.69, 9.17) is 0 Å². The molecule has 68 valence electrons. The maximum absolute atomic E-state index is 4.13. The monoisotopic (exact) mass is 305 g/mol. The van der Waals surface area contributed by atoms with E-state index in [0.717, 1.165) is 5.56 Å². The number of rotatable bonds is 1. The number of nitrogens with zero attached hydrogens (tertiary/aromatic N) is 1. The summed E-state index contributed by atoms with van der Waals surface area (Å²) in [4.78, 5) is 0. The molecule has 0 aromatic heterocycles. The van der Waals surface area contributed by atoms with Gasteiger partial charge in [-0.2, -0.15) is 5.10 Å². The molecule has 5 heteroatoms. The van der Waals surface area contributed by atoms with Crippen LogP contribution in [0.2, 0.25) is 0 Å². The molecule has 3 nitrogen and oxygen atoms in total. The Morgan fingerprint density at radius 3 is 2.54 bits per heavy atom. The van der Waals surface area contributed by atoms with Crippen LogP contribution in [-0.4, -0.2) is 5.17 Å². The van der Waals surface area contributed by atoms with Gasteiger partial charge in [-0.25, -0.2) is 0 Å². The normalized spacial score (nSPS) is 26.2. The molecular formula is C8H8IN3S. The van der Waals surface area contributed by atoms with Gasteiger partial charge in [-0.3, -0.25) is 5.43 Å². The standard InChI is InChI=1S/C8H8IN3S/c9-8(10-7(13)11-12-8)6-4-2-1-3-5-6/h1-5,12H,(H2,10,11,13). The van der Waals surface area contributed by atoms with Crippen molar-refractivity contribution in [1.82, 2.24) is 10.7 Å². The number of thiol groups is 1. The fraction of sp³-hybridized carbons (Fsp3) is 0.125. The number of hydrogen-bond acceptors (Lipinski definition) is 3. The Labute approximate surface area is 95.5 Å². The highest BCUT2D eigenvalue weighted by molar-refractivity contribution is 14.1. The lowest BCUT2D eigenvalue weighted by Gasteiger charge is -2.22. The smallest absolute Gasteiger partial charge is 0.204 e. The van der Waals surface area contributed by atoms with Crippen LogP contribution in [0.1, 0.15) is 5.56 Å². The van der Waals surface area contributed by atoms with Crippen molar-refractivity contribution in [1.29, 1.82) is 0 Å². The SMILES string of the molecule is SC1=NNC(I)(c2ccccc2)N1. The lowest BCUT2D eigenvalue weighted by molar-refractivity contribution is 0.545. The van der Waals surface area contributed by atoms with Gasteiger partial charge in [0.05, 0.1) is 0 Å². The van der Waals surface area contributed by atoms with E-state index in [1.54, 1.807) is 0 Å². The van der Waals surface area contributed by atoms with Gasteiger partial charge < -0.3 is 5.32 Å². The summed E-state index contributed by atoms with van der Waals surface area (Å²) >= 11 is 6.39. The van der Waals surface area contributed by atoms with Crippen LogP contribution in [0, 0.1) is 0 Å². The summed E-state index contributed by atoms with van der Waals surface area (Å²) in [6.07, 6.45) is 0. The van der Waals surface area contributed by atoms with E-state index < -0.39 is 0 Å². The molecule has 1 aliphatic heterocycles. The molecule has 1 unspecified atom stereocenters. The van der Waals surface area contributed by atoms with Crippen molar-refractivity contribution in [2.75, 3.05) is 0 Å². The van der Waals surface area contributed by atoms with Gasteiger partial charge in [0.25, 0.3) is 0 Å². The molecule has 0 bridgehead atoms. The van der Waals surface area contributed by atoms with Crippen LogP contribution in [0.25, 0.3) is 0 Å². The molecule has 1 aliphatic rings. The van der Waals surface area contributed by atoms with Gasteiger partial charge in [-0.1, -0.05) is 30.3 Å². The highest BCUT2D eigenvalue weighted by Gasteiger charge is 2.32. The van der Waals surface area contributed by atoms with Crippen molar-refractivity contribution in [3.63, 3.8) is 0 Å². The van der Waals surface area contributed by atoms with Gasteiger partial charge in [0, 0.05) is 5.56 Å². The summed E-state index contributed by atoms with van der Waals surface area (Å²) in [6, 6.07) is 10.1. The van der Waals surface area contributed by atoms with Gasteiger partial charge in [0.2, 0.25) is 3.67 Å². The second-order valence-electron chi connectivity index (χ2n) is 2.70. The van der Waals surface area contributed by atoms with Crippen molar-refractivity contribution >= 4 is 40.4 Å². The molecule has 2 rings (SSSR count). The first-order valence-electron chi connectivity index (χ1n) is 3.77. The van der Waals surface area contributed by atoms with E-state index in [0.29, 0.717) is 5.17 Å². The van der Waals surface area contributed by atoms with Gasteiger partial charge in [0.1, 0.15) is 0 Å². The van der Waals surface area contributed by atoms with Crippen LogP contribution in [0.4, 0.5) is 0 Å². The molecule has 1 atom stereocenters. The van der Waals surface area contributed by atoms with E-state index >= 15 is 0 Å². The highest BCUT2D eigenvalue weighted by atomic mass is 127. The Morgan fingerprint density at radius 1 is 1.31 bits per heavy atom. The minimum atomic E-state index is -0.351. The quantitative estimate of drug-likeness (QED) is 0.319. The fourth-order valence-electron chi connectivity index (χ4n) is 1.14. The average molecular weight is 305 g/mol. The number of halogens is 1. The van der Waals surface area contributed by atoms with Gasteiger partial charge in [-0.05, 0) is 22.6 Å². The second-order valence-corrected chi connectivity index (χ2v) is 4.74. The predicted octanol–water partition coefficient (Wildman–Crippen LogP) is 1.63. The number of nitrogens with one attached hydrogen (secondary N) is 2. The van der Waals surface area contributed by atoms with Crippen LogP contribution in [-0.2, 0) is 3.67 Å². The maximum Gasteiger partial charge on any atom is 0.204 e. The molecule has 0 aliphatic carbocycles. The third kappa shape index (κ3) is 1.76. The summed E-state index contributed by atoms with van der Waals surface area (Å²) in [7, 11) is 0. The van der Waals surface area contributed by atoms with Crippen molar-refractivity contribution in [3.05, 3.63) is 35.9 Å². The molecular weight excluding hydrogens is 297 g/mol. The predicted molar refractivity (Wildman–Crippen MR) is 64.8 cm³/mol. The molecule has 0 amide bonds. The fourth-order valence-corrected chi connectivity index (χ4v) is 2.31. The first-order chi connectivity index (χ1) is 6.21. The number of amidine groups is 1. The maximum atomic E-state index is 4.13. The van der Waals surface area contributed by atoms with Crippen LogP contribution in [0.3, 0.4) is 0 Å². The van der Waals surface area contributed by atoms with E-state index in [1.165, 1.54) is 0 Å². The molecule has 1 aromatic carbocycles. The van der Waals surface area contributed by atoms with Gasteiger partial charge in [0.15, 0.2) is 5.17 Å². The number of hydrazone groups is 1. The number of benzene rings is 1. The van der Waals surface area contributed by atoms with Crippen molar-refractivity contribution < 1.29 is 0 Å². The zero-order valence-electron chi connectivity index (χ0n) is 6.66. The molecule has 13 heavy (non-hydrogen) atoms. The summed E-state index contributed by atoms with van der Waals surface area (Å²) in [5.74, 6) is 0. The zero-order valence-corrected chi connectivity index (χ0v) is 9.71. The average Bonchev–Trinajstić information content (AvgIpc) is 2.49. The summed E-state index contributed by atoms with van der Waals surface area (Å²) < 4.78 is -0.351. The topological polar surface area (TPSA) is 36.4 Å². The highest BCUT2D eigenvalue weighted by Crippen LogP contribution is 2.28. The second kappa shape index (κ2) is 3.38. The summed E-state index contributed by atoms with van der Waals surface area (Å²) in [5, 5.41) is 7.72. The molecule has 2 N–H and O–H groups in total. The molecule has 0 fully saturated rings. The largest absolute Gasteiger partial charge is 0.328 e. The molecule has 1 heterocycles. The Bertz CT molecular complexity index is 341. The number of hydrogen-bond donors (Lipinski definition) is 3. The van der Waals surface area contributed by atoms with Gasteiger partial charge in [-0.15, -0.1) is 12.6 Å². The molecule has 0 saturated heterocycles. The van der Waals surface area contributed by atoms with E-state index in [9.17, 15) is 0 Å². The molecule has 0 radical (unpaired) electrons. The third-order valence-electron chi connectivity index (χ3n) is 1.77. The Kier molecular flexibility index (Phi) is 2.37. The molecule has 0 saturated carbocycles. The minimum Gasteiger partial charge on any atom is -0.328 e. The zero-order chi connectivity index (χ0) is 9.31. The molecule has 0 spiro atoms. The first-order valence-corrected chi connectivity index (χ1v) is 5.30. The van der Waals surface area contributed by atoms with E-state index in [2.05, 4.69) is 51.1 Å². The van der Waals surface area contributed by atoms with Gasteiger partial charge >= 0.3 is 0 Å².